The zero-order chi connectivity index (χ0) is 21.0. The van der Waals surface area contributed by atoms with Gasteiger partial charge in [-0.3, -0.25) is 4.90 Å². The minimum absolute atomic E-state index is 0.250. The molecule has 1 aliphatic rings. The molecule has 0 amide bonds. The van der Waals surface area contributed by atoms with Crippen LogP contribution in [0.25, 0.3) is 22.8 Å². The summed E-state index contributed by atoms with van der Waals surface area (Å²) >= 11 is 0. The molecule has 9 heteroatoms. The lowest BCUT2D eigenvalue weighted by atomic mass is 10.1. The first-order valence-corrected chi connectivity index (χ1v) is 11.4. The number of morpholine rings is 1. The number of sulfonamides is 1. The van der Waals surface area contributed by atoms with Gasteiger partial charge in [0.15, 0.2) is 11.6 Å². The third kappa shape index (κ3) is 4.76. The Kier molecular flexibility index (Phi) is 6.24. The van der Waals surface area contributed by atoms with E-state index in [1.807, 2.05) is 36.4 Å². The van der Waals surface area contributed by atoms with E-state index in [9.17, 15) is 8.42 Å². The van der Waals surface area contributed by atoms with Crippen molar-refractivity contribution in [1.82, 2.24) is 24.8 Å². The van der Waals surface area contributed by atoms with Gasteiger partial charge in [0.05, 0.1) is 18.1 Å². The lowest BCUT2D eigenvalue weighted by Gasteiger charge is -2.26. The van der Waals surface area contributed by atoms with Crippen molar-refractivity contribution in [2.45, 2.75) is 11.8 Å². The summed E-state index contributed by atoms with van der Waals surface area (Å²) in [5, 5.41) is 8.39. The molecule has 0 spiro atoms. The van der Waals surface area contributed by atoms with E-state index in [-0.39, 0.29) is 4.90 Å². The first kappa shape index (κ1) is 20.7. The Hall–Kier alpha value is -2.59. The Morgan fingerprint density at radius 1 is 1.03 bits per heavy atom. The molecule has 158 valence electrons. The highest BCUT2D eigenvalue weighted by Gasteiger charge is 2.19. The van der Waals surface area contributed by atoms with E-state index >= 15 is 0 Å². The van der Waals surface area contributed by atoms with Gasteiger partial charge in [-0.2, -0.15) is 0 Å². The van der Waals surface area contributed by atoms with Crippen LogP contribution in [-0.2, 0) is 14.8 Å². The molecule has 0 radical (unpaired) electrons. The lowest BCUT2D eigenvalue weighted by molar-refractivity contribution is 0.0390. The Morgan fingerprint density at radius 2 is 1.73 bits per heavy atom. The van der Waals surface area contributed by atoms with Crippen molar-refractivity contribution in [2.75, 3.05) is 39.4 Å². The molecule has 2 aromatic carbocycles. The van der Waals surface area contributed by atoms with Gasteiger partial charge in [-0.15, -0.1) is 10.2 Å². The van der Waals surface area contributed by atoms with Crippen molar-refractivity contribution in [1.29, 1.82) is 0 Å². The first-order valence-electron chi connectivity index (χ1n) is 9.92. The van der Waals surface area contributed by atoms with Gasteiger partial charge in [0.25, 0.3) is 0 Å². The Bertz CT molecular complexity index is 1090. The normalized spacial score (nSPS) is 15.4. The van der Waals surface area contributed by atoms with Crippen LogP contribution in [0.4, 0.5) is 0 Å². The molecule has 1 fully saturated rings. The van der Waals surface area contributed by atoms with Gasteiger partial charge in [-0.25, -0.2) is 13.1 Å². The molecular formula is C21H25N5O3S. The van der Waals surface area contributed by atoms with Crippen molar-refractivity contribution < 1.29 is 13.2 Å². The van der Waals surface area contributed by atoms with E-state index in [0.29, 0.717) is 49.1 Å². The van der Waals surface area contributed by atoms with Crippen LogP contribution in [0.3, 0.4) is 0 Å². The number of rotatable bonds is 7. The summed E-state index contributed by atoms with van der Waals surface area (Å²) in [6.45, 7) is 5.83. The summed E-state index contributed by atoms with van der Waals surface area (Å²) < 4.78 is 33.8. The lowest BCUT2D eigenvalue weighted by Crippen LogP contribution is -2.41. The average molecular weight is 428 g/mol. The molecule has 3 aromatic rings. The average Bonchev–Trinajstić information content (AvgIpc) is 3.25. The molecule has 4 rings (SSSR count). The van der Waals surface area contributed by atoms with E-state index < -0.39 is 10.0 Å². The van der Waals surface area contributed by atoms with Gasteiger partial charge in [-0.1, -0.05) is 42.5 Å². The zero-order valence-electron chi connectivity index (χ0n) is 16.8. The predicted molar refractivity (Wildman–Crippen MR) is 114 cm³/mol. The molecule has 2 N–H and O–H groups in total. The zero-order valence-corrected chi connectivity index (χ0v) is 17.7. The fourth-order valence-electron chi connectivity index (χ4n) is 3.40. The Balaban J connectivity index is 1.50. The van der Waals surface area contributed by atoms with Crippen LogP contribution >= 0.6 is 0 Å². The van der Waals surface area contributed by atoms with Crippen LogP contribution in [0.15, 0.2) is 53.4 Å². The second-order valence-corrected chi connectivity index (χ2v) is 8.96. The standard InChI is InChI=1S/C21H25N5O3S/c1-16-7-8-18(21-23-20(24-25-21)17-5-3-2-4-6-17)15-19(16)30(27,28)22-9-10-26-11-13-29-14-12-26/h2-8,15,22H,9-14H2,1H3,(H,23,24,25). The number of aromatic nitrogens is 3. The summed E-state index contributed by atoms with van der Waals surface area (Å²) in [5.74, 6) is 1.16. The molecule has 0 unspecified atom stereocenters. The van der Waals surface area contributed by atoms with Gasteiger partial charge in [0, 0.05) is 37.3 Å². The van der Waals surface area contributed by atoms with Crippen molar-refractivity contribution in [3.63, 3.8) is 0 Å². The third-order valence-corrected chi connectivity index (χ3v) is 6.71. The van der Waals surface area contributed by atoms with E-state index in [0.717, 1.165) is 18.7 Å². The number of H-pyrrole nitrogens is 1. The number of hydrogen-bond donors (Lipinski definition) is 2. The molecule has 30 heavy (non-hydrogen) atoms. The van der Waals surface area contributed by atoms with Gasteiger partial charge < -0.3 is 9.72 Å². The SMILES string of the molecule is Cc1ccc(-c2nnc(-c3ccccc3)[nH]2)cc1S(=O)(=O)NCCN1CCOCC1. The van der Waals surface area contributed by atoms with Crippen LogP contribution < -0.4 is 4.72 Å². The van der Waals surface area contributed by atoms with Gasteiger partial charge in [0.2, 0.25) is 10.0 Å². The van der Waals surface area contributed by atoms with E-state index in [4.69, 9.17) is 4.74 Å². The van der Waals surface area contributed by atoms with Crippen LogP contribution in [0.5, 0.6) is 0 Å². The molecule has 0 bridgehead atoms. The number of benzene rings is 2. The molecule has 1 aromatic heterocycles. The van der Waals surface area contributed by atoms with Gasteiger partial charge in [0.1, 0.15) is 0 Å². The molecule has 8 nitrogen and oxygen atoms in total. The molecular weight excluding hydrogens is 402 g/mol. The topological polar surface area (TPSA) is 100 Å². The number of aromatic amines is 1. The molecule has 1 saturated heterocycles. The molecule has 2 heterocycles. The number of ether oxygens (including phenoxy) is 1. The van der Waals surface area contributed by atoms with Crippen molar-refractivity contribution >= 4 is 10.0 Å². The summed E-state index contributed by atoms with van der Waals surface area (Å²) in [6.07, 6.45) is 0. The third-order valence-electron chi connectivity index (χ3n) is 5.11. The highest BCUT2D eigenvalue weighted by molar-refractivity contribution is 7.89. The van der Waals surface area contributed by atoms with Crippen molar-refractivity contribution in [3.8, 4) is 22.8 Å². The number of aryl methyl sites for hydroxylation is 1. The quantitative estimate of drug-likeness (QED) is 0.599. The fraction of sp³-hybridized carbons (Fsp3) is 0.333. The first-order chi connectivity index (χ1) is 14.5. The highest BCUT2D eigenvalue weighted by atomic mass is 32.2. The molecule has 0 saturated carbocycles. The maximum absolute atomic E-state index is 12.9. The van der Waals surface area contributed by atoms with E-state index in [2.05, 4.69) is 24.8 Å². The number of nitrogens with zero attached hydrogens (tertiary/aromatic N) is 3. The smallest absolute Gasteiger partial charge is 0.240 e. The van der Waals surface area contributed by atoms with Crippen LogP contribution in [-0.4, -0.2) is 67.9 Å². The second-order valence-electron chi connectivity index (χ2n) is 7.22. The summed E-state index contributed by atoms with van der Waals surface area (Å²) in [4.78, 5) is 5.61. The summed E-state index contributed by atoms with van der Waals surface area (Å²) in [7, 11) is -3.64. The Labute approximate surface area is 176 Å². The largest absolute Gasteiger partial charge is 0.379 e. The minimum Gasteiger partial charge on any atom is -0.379 e. The van der Waals surface area contributed by atoms with E-state index in [1.54, 1.807) is 19.1 Å². The predicted octanol–water partition coefficient (Wildman–Crippen LogP) is 2.06. The fourth-order valence-corrected chi connectivity index (χ4v) is 4.69. The maximum Gasteiger partial charge on any atom is 0.240 e. The minimum atomic E-state index is -3.64. The van der Waals surface area contributed by atoms with Gasteiger partial charge >= 0.3 is 0 Å². The highest BCUT2D eigenvalue weighted by Crippen LogP contribution is 2.24. The number of nitrogens with one attached hydrogen (secondary N) is 2. The molecule has 0 atom stereocenters. The second kappa shape index (κ2) is 9.05. The van der Waals surface area contributed by atoms with Crippen LogP contribution in [0.2, 0.25) is 0 Å². The monoisotopic (exact) mass is 427 g/mol. The maximum atomic E-state index is 12.9. The number of hydrogen-bond acceptors (Lipinski definition) is 6. The van der Waals surface area contributed by atoms with Crippen LogP contribution in [0, 0.1) is 6.92 Å². The van der Waals surface area contributed by atoms with Gasteiger partial charge in [-0.05, 0) is 18.6 Å². The molecule has 1 aliphatic heterocycles. The van der Waals surface area contributed by atoms with Crippen LogP contribution in [0.1, 0.15) is 5.56 Å². The van der Waals surface area contributed by atoms with Crippen molar-refractivity contribution in [3.05, 3.63) is 54.1 Å². The summed E-state index contributed by atoms with van der Waals surface area (Å²) in [5.41, 5.74) is 2.27. The Morgan fingerprint density at radius 3 is 2.47 bits per heavy atom. The molecule has 0 aliphatic carbocycles. The van der Waals surface area contributed by atoms with E-state index in [1.165, 1.54) is 0 Å². The van der Waals surface area contributed by atoms with Crippen molar-refractivity contribution in [2.24, 2.45) is 0 Å². The summed E-state index contributed by atoms with van der Waals surface area (Å²) in [6, 6.07) is 14.9.